The normalized spacial score (nSPS) is 11.4. The molecule has 7 heteroatoms. The zero-order chi connectivity index (χ0) is 13.2. The van der Waals surface area contributed by atoms with E-state index in [4.69, 9.17) is 0 Å². The van der Waals surface area contributed by atoms with Gasteiger partial charge in [0.1, 0.15) is 0 Å². The monoisotopic (exact) mass is 340 g/mol. The molecule has 3 rings (SSSR count). The van der Waals surface area contributed by atoms with E-state index in [0.717, 1.165) is 9.75 Å². The summed E-state index contributed by atoms with van der Waals surface area (Å²) in [7, 11) is -0.153. The molecule has 0 fully saturated rings. The zero-order valence-corrected chi connectivity index (χ0v) is 13.6. The topological polar surface area (TPSA) is 34.1 Å². The maximum atomic E-state index is 11.2. The predicted octanol–water partition coefficient (Wildman–Crippen LogP) is 5.04. The average Bonchev–Trinajstić information content (AvgIpc) is 3.16. The standard InChI is InChI=1S/C12H6O2P2S3/c13-15-7-6-18-12(11(7)16-14)10-4-3-9(19-10)8-2-1-5-17-8/h1-6H. The van der Waals surface area contributed by atoms with Crippen LogP contribution in [0.5, 0.6) is 0 Å². The Bertz CT molecular complexity index is 728. The Hall–Kier alpha value is -0.700. The van der Waals surface area contributed by atoms with E-state index in [2.05, 4.69) is 17.5 Å². The molecule has 0 bridgehead atoms. The fourth-order valence-electron chi connectivity index (χ4n) is 1.68. The van der Waals surface area contributed by atoms with Crippen molar-refractivity contribution in [3.8, 4) is 19.5 Å². The fourth-order valence-corrected chi connectivity index (χ4v) is 6.13. The van der Waals surface area contributed by atoms with Crippen LogP contribution in [0.2, 0.25) is 0 Å². The van der Waals surface area contributed by atoms with E-state index in [1.807, 2.05) is 12.1 Å². The second kappa shape index (κ2) is 5.74. The van der Waals surface area contributed by atoms with Crippen molar-refractivity contribution >= 4 is 61.5 Å². The summed E-state index contributed by atoms with van der Waals surface area (Å²) >= 11 is 4.86. The summed E-state index contributed by atoms with van der Waals surface area (Å²) in [6.07, 6.45) is 0. The summed E-state index contributed by atoms with van der Waals surface area (Å²) in [5.74, 6) is 0. The highest BCUT2D eigenvalue weighted by molar-refractivity contribution is 7.45. The van der Waals surface area contributed by atoms with E-state index >= 15 is 0 Å². The van der Waals surface area contributed by atoms with Crippen LogP contribution in [0.15, 0.2) is 35.0 Å². The van der Waals surface area contributed by atoms with Crippen molar-refractivity contribution < 1.29 is 9.13 Å². The van der Waals surface area contributed by atoms with Crippen LogP contribution in [0.4, 0.5) is 0 Å². The number of rotatable bonds is 4. The van der Waals surface area contributed by atoms with Gasteiger partial charge in [0, 0.05) is 20.0 Å². The van der Waals surface area contributed by atoms with E-state index in [-0.39, 0.29) is 16.9 Å². The highest BCUT2D eigenvalue weighted by atomic mass is 32.1. The minimum Gasteiger partial charge on any atom is -0.269 e. The molecular weight excluding hydrogens is 334 g/mol. The van der Waals surface area contributed by atoms with Crippen LogP contribution in [-0.4, -0.2) is 0 Å². The molecular formula is C12H6O2P2S3. The summed E-state index contributed by atoms with van der Waals surface area (Å²) in [5, 5.41) is 5.11. The van der Waals surface area contributed by atoms with Crippen LogP contribution < -0.4 is 10.6 Å². The van der Waals surface area contributed by atoms with Crippen molar-refractivity contribution in [1.29, 1.82) is 0 Å². The van der Waals surface area contributed by atoms with Gasteiger partial charge in [0.2, 0.25) is 0 Å². The molecule has 0 aliphatic heterocycles. The minimum absolute atomic E-state index is 0.0766. The van der Waals surface area contributed by atoms with Crippen LogP contribution in [0.3, 0.4) is 0 Å². The molecule has 0 unspecified atom stereocenters. The van der Waals surface area contributed by atoms with E-state index in [1.54, 1.807) is 28.1 Å². The van der Waals surface area contributed by atoms with Gasteiger partial charge in [0.15, 0.2) is 16.9 Å². The van der Waals surface area contributed by atoms with Gasteiger partial charge in [-0.05, 0) is 23.6 Å². The first-order chi connectivity index (χ1) is 9.33. The molecule has 3 aromatic heterocycles. The quantitative estimate of drug-likeness (QED) is 0.624. The largest absolute Gasteiger partial charge is 0.269 e. The molecule has 0 radical (unpaired) electrons. The smallest absolute Gasteiger partial charge is 0.195 e. The lowest BCUT2D eigenvalue weighted by Gasteiger charge is -1.93. The molecule has 2 nitrogen and oxygen atoms in total. The Morgan fingerprint density at radius 3 is 2.42 bits per heavy atom. The van der Waals surface area contributed by atoms with Crippen molar-refractivity contribution in [2.24, 2.45) is 0 Å². The van der Waals surface area contributed by atoms with Gasteiger partial charge in [0.05, 0.1) is 15.5 Å². The van der Waals surface area contributed by atoms with Gasteiger partial charge in [-0.25, -0.2) is 0 Å². The van der Waals surface area contributed by atoms with Crippen molar-refractivity contribution in [3.05, 3.63) is 35.0 Å². The Morgan fingerprint density at radius 1 is 0.895 bits per heavy atom. The number of hydrogen-bond acceptors (Lipinski definition) is 5. The van der Waals surface area contributed by atoms with E-state index in [9.17, 15) is 9.13 Å². The lowest BCUT2D eigenvalue weighted by Crippen LogP contribution is -2.07. The SMILES string of the molecule is O=Pc1csc(-c2ccc(-c3cccs3)s2)c1P=O. The molecule has 0 aromatic carbocycles. The molecule has 0 saturated carbocycles. The first-order valence-electron chi connectivity index (χ1n) is 5.25. The van der Waals surface area contributed by atoms with Crippen molar-refractivity contribution in [1.82, 2.24) is 0 Å². The Kier molecular flexibility index (Phi) is 4.01. The molecule has 0 spiro atoms. The average molecular weight is 340 g/mol. The molecule has 0 aliphatic carbocycles. The van der Waals surface area contributed by atoms with E-state index in [1.165, 1.54) is 21.1 Å². The number of thiophene rings is 3. The predicted molar refractivity (Wildman–Crippen MR) is 85.4 cm³/mol. The molecule has 3 aromatic rings. The van der Waals surface area contributed by atoms with Gasteiger partial charge in [-0.1, -0.05) is 6.07 Å². The van der Waals surface area contributed by atoms with Gasteiger partial charge >= 0.3 is 0 Å². The Labute approximate surface area is 125 Å². The van der Waals surface area contributed by atoms with Crippen molar-refractivity contribution in [2.45, 2.75) is 0 Å². The van der Waals surface area contributed by atoms with Gasteiger partial charge in [-0.3, -0.25) is 9.13 Å². The molecule has 0 amide bonds. The Morgan fingerprint density at radius 2 is 1.74 bits per heavy atom. The highest BCUT2D eigenvalue weighted by Gasteiger charge is 2.16. The van der Waals surface area contributed by atoms with Crippen LogP contribution in [-0.2, 0) is 9.13 Å². The van der Waals surface area contributed by atoms with Gasteiger partial charge < -0.3 is 0 Å². The third-order valence-electron chi connectivity index (χ3n) is 2.53. The molecule has 0 N–H and O–H groups in total. The van der Waals surface area contributed by atoms with Crippen molar-refractivity contribution in [3.63, 3.8) is 0 Å². The molecule has 94 valence electrons. The maximum absolute atomic E-state index is 11.2. The first kappa shape index (κ1) is 13.3. The van der Waals surface area contributed by atoms with Crippen LogP contribution in [0.25, 0.3) is 19.5 Å². The van der Waals surface area contributed by atoms with Crippen LogP contribution in [0, 0.1) is 0 Å². The first-order valence-corrected chi connectivity index (χ1v) is 9.46. The summed E-state index contributed by atoms with van der Waals surface area (Å²) in [6.45, 7) is 0. The van der Waals surface area contributed by atoms with Crippen LogP contribution >= 0.6 is 50.9 Å². The lowest BCUT2D eigenvalue weighted by molar-refractivity contribution is 0.601. The zero-order valence-electron chi connectivity index (χ0n) is 9.40. The summed E-state index contributed by atoms with van der Waals surface area (Å²) in [5.41, 5.74) is 0. The third kappa shape index (κ3) is 2.49. The molecule has 0 atom stereocenters. The minimum atomic E-state index is -0.0768. The molecule has 19 heavy (non-hydrogen) atoms. The number of hydrogen-bond donors (Lipinski definition) is 0. The van der Waals surface area contributed by atoms with E-state index in [0.29, 0.717) is 10.6 Å². The lowest BCUT2D eigenvalue weighted by atomic mass is 10.3. The van der Waals surface area contributed by atoms with Gasteiger partial charge in [0.25, 0.3) is 0 Å². The second-order valence-corrected chi connectivity index (χ2v) is 7.83. The Balaban J connectivity index is 2.06. The third-order valence-corrected chi connectivity index (χ3v) is 7.54. The van der Waals surface area contributed by atoms with Crippen molar-refractivity contribution in [2.75, 3.05) is 0 Å². The second-order valence-electron chi connectivity index (χ2n) is 3.62. The van der Waals surface area contributed by atoms with Gasteiger partial charge in [-0.15, -0.1) is 34.0 Å². The molecule has 3 heterocycles. The fraction of sp³-hybridized carbons (Fsp3) is 0. The highest BCUT2D eigenvalue weighted by Crippen LogP contribution is 2.38. The van der Waals surface area contributed by atoms with Crippen LogP contribution in [0.1, 0.15) is 0 Å². The van der Waals surface area contributed by atoms with E-state index < -0.39 is 0 Å². The van der Waals surface area contributed by atoms with Gasteiger partial charge in [-0.2, -0.15) is 0 Å². The maximum Gasteiger partial charge on any atom is 0.195 e. The summed E-state index contributed by atoms with van der Waals surface area (Å²) in [4.78, 5) is 4.45. The summed E-state index contributed by atoms with van der Waals surface area (Å²) in [6, 6.07) is 8.22. The summed E-state index contributed by atoms with van der Waals surface area (Å²) < 4.78 is 22.2. The molecule has 0 saturated heterocycles. The molecule has 0 aliphatic rings.